The van der Waals surface area contributed by atoms with E-state index in [0.29, 0.717) is 26.9 Å². The highest BCUT2D eigenvalue weighted by molar-refractivity contribution is 6.42. The summed E-state index contributed by atoms with van der Waals surface area (Å²) < 4.78 is 10.6. The second-order valence-corrected chi connectivity index (χ2v) is 8.22. The molecule has 0 aliphatic carbocycles. The minimum absolute atomic E-state index is 0.154. The van der Waals surface area contributed by atoms with Crippen molar-refractivity contribution in [1.82, 2.24) is 5.43 Å². The molecule has 0 aromatic heterocycles. The number of carbonyl (C=O) groups excluding carboxylic acids is 3. The summed E-state index contributed by atoms with van der Waals surface area (Å²) in [6.45, 7) is 1.72. The maximum Gasteiger partial charge on any atom is 0.343 e. The Morgan fingerprint density at radius 2 is 1.66 bits per heavy atom. The van der Waals surface area contributed by atoms with Crippen LogP contribution in [0.3, 0.4) is 0 Å². The van der Waals surface area contributed by atoms with Crippen molar-refractivity contribution in [3.05, 3.63) is 86.4 Å². The summed E-state index contributed by atoms with van der Waals surface area (Å²) in [6, 6.07) is 13.9. The molecule has 2 N–H and O–H groups in total. The van der Waals surface area contributed by atoms with E-state index in [1.54, 1.807) is 31.2 Å². The number of halogens is 3. The monoisotopic (exact) mass is 533 g/mol. The summed E-state index contributed by atoms with van der Waals surface area (Å²) in [7, 11) is 1.40. The average Bonchev–Trinajstić information content (AvgIpc) is 2.84. The van der Waals surface area contributed by atoms with Crippen molar-refractivity contribution in [3.63, 3.8) is 0 Å². The highest BCUT2D eigenvalue weighted by Gasteiger charge is 2.16. The first-order valence-corrected chi connectivity index (χ1v) is 11.1. The van der Waals surface area contributed by atoms with Crippen molar-refractivity contribution < 1.29 is 23.9 Å². The molecule has 0 saturated carbocycles. The number of nitrogens with one attached hydrogen (secondary N) is 2. The molecule has 0 spiro atoms. The Kier molecular flexibility index (Phi) is 8.70. The van der Waals surface area contributed by atoms with Gasteiger partial charge in [0.15, 0.2) is 11.5 Å². The van der Waals surface area contributed by atoms with Gasteiger partial charge in [-0.3, -0.25) is 9.59 Å². The summed E-state index contributed by atoms with van der Waals surface area (Å²) in [6.07, 6.45) is 1.29. The minimum atomic E-state index is -0.972. The number of rotatable bonds is 6. The first-order chi connectivity index (χ1) is 16.7. The SMILES string of the molecule is COc1cc(/C=N/NC(=O)C(=O)Nc2cccc(Cl)c2C)ccc1OC(=O)c1ccc(Cl)c(Cl)c1. The van der Waals surface area contributed by atoms with Crippen LogP contribution in [0.1, 0.15) is 21.5 Å². The fourth-order valence-electron chi connectivity index (χ4n) is 2.77. The molecule has 0 saturated heterocycles. The fourth-order valence-corrected chi connectivity index (χ4v) is 3.24. The van der Waals surface area contributed by atoms with Crippen LogP contribution < -0.4 is 20.2 Å². The molecule has 0 atom stereocenters. The Labute approximate surface area is 215 Å². The van der Waals surface area contributed by atoms with Crippen LogP contribution in [0.5, 0.6) is 11.5 Å². The predicted molar refractivity (Wildman–Crippen MR) is 135 cm³/mol. The molecule has 11 heteroatoms. The Morgan fingerprint density at radius 1 is 0.886 bits per heavy atom. The molecule has 0 unspecified atom stereocenters. The van der Waals surface area contributed by atoms with Gasteiger partial charge in [-0.1, -0.05) is 40.9 Å². The third-order valence-corrected chi connectivity index (χ3v) is 5.80. The number of nitrogens with zero attached hydrogens (tertiary/aromatic N) is 1. The minimum Gasteiger partial charge on any atom is -0.493 e. The largest absolute Gasteiger partial charge is 0.493 e. The third kappa shape index (κ3) is 6.73. The van der Waals surface area contributed by atoms with Crippen molar-refractivity contribution in [3.8, 4) is 11.5 Å². The molecule has 0 heterocycles. The number of hydrogen-bond acceptors (Lipinski definition) is 6. The lowest BCUT2D eigenvalue weighted by atomic mass is 10.2. The smallest absolute Gasteiger partial charge is 0.343 e. The van der Waals surface area contributed by atoms with E-state index in [1.165, 1.54) is 43.7 Å². The van der Waals surface area contributed by atoms with Gasteiger partial charge in [0, 0.05) is 10.7 Å². The van der Waals surface area contributed by atoms with Crippen LogP contribution in [0.2, 0.25) is 15.1 Å². The van der Waals surface area contributed by atoms with Gasteiger partial charge in [0.2, 0.25) is 0 Å². The Hall–Kier alpha value is -3.59. The van der Waals surface area contributed by atoms with Crippen LogP contribution in [-0.4, -0.2) is 31.1 Å². The Balaban J connectivity index is 1.63. The first-order valence-electron chi connectivity index (χ1n) is 9.94. The average molecular weight is 535 g/mol. The second-order valence-electron chi connectivity index (χ2n) is 6.99. The maximum atomic E-state index is 12.4. The van der Waals surface area contributed by atoms with Crippen LogP contribution in [-0.2, 0) is 9.59 Å². The molecule has 2 amide bonds. The van der Waals surface area contributed by atoms with Crippen molar-refractivity contribution >= 4 is 64.5 Å². The number of methoxy groups -OCH3 is 1. The molecule has 0 fully saturated rings. The highest BCUT2D eigenvalue weighted by atomic mass is 35.5. The lowest BCUT2D eigenvalue weighted by molar-refractivity contribution is -0.136. The molecule has 3 aromatic carbocycles. The number of hydrazone groups is 1. The van der Waals surface area contributed by atoms with E-state index in [1.807, 2.05) is 0 Å². The maximum absolute atomic E-state index is 12.4. The summed E-state index contributed by atoms with van der Waals surface area (Å²) in [5.41, 5.74) is 3.89. The summed E-state index contributed by atoms with van der Waals surface area (Å²) in [4.78, 5) is 36.6. The zero-order valence-corrected chi connectivity index (χ0v) is 20.7. The number of anilines is 1. The van der Waals surface area contributed by atoms with E-state index in [9.17, 15) is 14.4 Å². The molecule has 8 nitrogen and oxygen atoms in total. The molecule has 0 radical (unpaired) electrons. The number of carbonyl (C=O) groups is 3. The molecule has 0 bridgehead atoms. The highest BCUT2D eigenvalue weighted by Crippen LogP contribution is 2.29. The summed E-state index contributed by atoms with van der Waals surface area (Å²) >= 11 is 17.8. The molecule has 0 aliphatic rings. The van der Waals surface area contributed by atoms with Gasteiger partial charge in [-0.15, -0.1) is 0 Å². The lowest BCUT2D eigenvalue weighted by Crippen LogP contribution is -2.32. The quantitative estimate of drug-likeness (QED) is 0.147. The predicted octanol–water partition coefficient (Wildman–Crippen LogP) is 5.27. The topological polar surface area (TPSA) is 106 Å². The molecular formula is C24H18Cl3N3O5. The zero-order valence-electron chi connectivity index (χ0n) is 18.4. The van der Waals surface area contributed by atoms with E-state index >= 15 is 0 Å². The van der Waals surface area contributed by atoms with E-state index in [-0.39, 0.29) is 22.1 Å². The number of hydrogen-bond donors (Lipinski definition) is 2. The standard InChI is InChI=1S/C24H18Cl3N3O5/c1-13-16(25)4-3-5-19(13)29-22(31)23(32)30-28-12-14-6-9-20(21(10-14)34-2)35-24(33)15-7-8-17(26)18(27)11-15/h3-12H,1-2H3,(H,29,31)(H,30,32)/b28-12+. The van der Waals surface area contributed by atoms with Gasteiger partial charge in [0.25, 0.3) is 0 Å². The Bertz CT molecular complexity index is 1330. The third-order valence-electron chi connectivity index (χ3n) is 4.65. The van der Waals surface area contributed by atoms with Gasteiger partial charge in [-0.25, -0.2) is 10.2 Å². The lowest BCUT2D eigenvalue weighted by Gasteiger charge is -2.10. The van der Waals surface area contributed by atoms with Crippen LogP contribution in [0.15, 0.2) is 59.7 Å². The van der Waals surface area contributed by atoms with Crippen molar-refractivity contribution in [1.29, 1.82) is 0 Å². The fraction of sp³-hybridized carbons (Fsp3) is 0.0833. The van der Waals surface area contributed by atoms with E-state index in [4.69, 9.17) is 44.3 Å². The van der Waals surface area contributed by atoms with Gasteiger partial charge < -0.3 is 14.8 Å². The molecular weight excluding hydrogens is 517 g/mol. The van der Waals surface area contributed by atoms with Gasteiger partial charge in [-0.05, 0) is 66.6 Å². The normalized spacial score (nSPS) is 10.7. The van der Waals surface area contributed by atoms with Crippen LogP contribution in [0, 0.1) is 6.92 Å². The van der Waals surface area contributed by atoms with Gasteiger partial charge >= 0.3 is 17.8 Å². The number of ether oxygens (including phenoxy) is 2. The molecule has 180 valence electrons. The molecule has 0 aliphatic heterocycles. The second kappa shape index (κ2) is 11.7. The Morgan fingerprint density at radius 3 is 2.37 bits per heavy atom. The van der Waals surface area contributed by atoms with Crippen molar-refractivity contribution in [2.75, 3.05) is 12.4 Å². The van der Waals surface area contributed by atoms with E-state index < -0.39 is 17.8 Å². The van der Waals surface area contributed by atoms with Crippen molar-refractivity contribution in [2.24, 2.45) is 5.10 Å². The number of benzene rings is 3. The van der Waals surface area contributed by atoms with Crippen LogP contribution in [0.25, 0.3) is 0 Å². The van der Waals surface area contributed by atoms with Crippen molar-refractivity contribution in [2.45, 2.75) is 6.92 Å². The zero-order chi connectivity index (χ0) is 25.5. The van der Waals surface area contributed by atoms with Crippen LogP contribution >= 0.6 is 34.8 Å². The molecule has 3 rings (SSSR count). The van der Waals surface area contributed by atoms with Crippen LogP contribution in [0.4, 0.5) is 5.69 Å². The molecule has 35 heavy (non-hydrogen) atoms. The van der Waals surface area contributed by atoms with Gasteiger partial charge in [0.05, 0.1) is 28.9 Å². The van der Waals surface area contributed by atoms with Gasteiger partial charge in [0.1, 0.15) is 0 Å². The summed E-state index contributed by atoms with van der Waals surface area (Å²) in [5.74, 6) is -2.14. The van der Waals surface area contributed by atoms with E-state index in [2.05, 4.69) is 15.8 Å². The number of amides is 2. The number of esters is 1. The first kappa shape index (κ1) is 26.0. The van der Waals surface area contributed by atoms with Gasteiger partial charge in [-0.2, -0.15) is 5.10 Å². The molecule has 3 aromatic rings. The van der Waals surface area contributed by atoms with E-state index in [0.717, 1.165) is 0 Å². The summed E-state index contributed by atoms with van der Waals surface area (Å²) in [5, 5.41) is 7.24.